The number of rotatable bonds is 3. The van der Waals surface area contributed by atoms with Crippen LogP contribution in [0.5, 0.6) is 5.88 Å². The lowest BCUT2D eigenvalue weighted by molar-refractivity contribution is 0.0284. The molecule has 1 saturated heterocycles. The highest BCUT2D eigenvalue weighted by atomic mass is 32.1. The van der Waals surface area contributed by atoms with Crippen molar-refractivity contribution in [3.63, 3.8) is 0 Å². The van der Waals surface area contributed by atoms with Crippen LogP contribution in [-0.2, 0) is 4.74 Å². The van der Waals surface area contributed by atoms with Gasteiger partial charge in [0.05, 0.1) is 13.7 Å². The fourth-order valence-electron chi connectivity index (χ4n) is 1.58. The standard InChI is InChI=1S/C10H17N3O2S/c1-13(2)10-12-9(14-3)8(16-10)7-6-11-4-5-15-7/h7,11H,4-6H2,1-3H3. The molecular weight excluding hydrogens is 226 g/mol. The van der Waals surface area contributed by atoms with Gasteiger partial charge in [-0.2, -0.15) is 4.98 Å². The molecule has 1 N–H and O–H groups in total. The number of methoxy groups -OCH3 is 1. The van der Waals surface area contributed by atoms with E-state index in [9.17, 15) is 0 Å². The zero-order valence-electron chi connectivity index (χ0n) is 9.82. The van der Waals surface area contributed by atoms with Gasteiger partial charge in [-0.3, -0.25) is 0 Å². The largest absolute Gasteiger partial charge is 0.480 e. The molecule has 0 saturated carbocycles. The average molecular weight is 243 g/mol. The normalized spacial score (nSPS) is 20.8. The minimum Gasteiger partial charge on any atom is -0.480 e. The van der Waals surface area contributed by atoms with Gasteiger partial charge in [0.2, 0.25) is 5.88 Å². The predicted octanol–water partition coefficient (Wildman–Crippen LogP) is 0.879. The van der Waals surface area contributed by atoms with Gasteiger partial charge in [-0.05, 0) is 0 Å². The van der Waals surface area contributed by atoms with Gasteiger partial charge in [-0.25, -0.2) is 0 Å². The Morgan fingerprint density at radius 1 is 1.56 bits per heavy atom. The molecule has 2 heterocycles. The van der Waals surface area contributed by atoms with Gasteiger partial charge in [0.1, 0.15) is 11.0 Å². The number of nitrogens with one attached hydrogen (secondary N) is 1. The van der Waals surface area contributed by atoms with Crippen LogP contribution in [0, 0.1) is 0 Å². The van der Waals surface area contributed by atoms with E-state index in [1.54, 1.807) is 18.4 Å². The Morgan fingerprint density at radius 2 is 2.38 bits per heavy atom. The van der Waals surface area contributed by atoms with Crippen molar-refractivity contribution in [1.29, 1.82) is 0 Å². The highest BCUT2D eigenvalue weighted by Crippen LogP contribution is 2.37. The molecule has 90 valence electrons. The van der Waals surface area contributed by atoms with Gasteiger partial charge in [-0.1, -0.05) is 11.3 Å². The maximum absolute atomic E-state index is 5.71. The minimum absolute atomic E-state index is 0.0647. The summed E-state index contributed by atoms with van der Waals surface area (Å²) < 4.78 is 11.0. The average Bonchev–Trinajstić information content (AvgIpc) is 2.74. The number of hydrogen-bond acceptors (Lipinski definition) is 6. The van der Waals surface area contributed by atoms with E-state index in [2.05, 4.69) is 10.3 Å². The van der Waals surface area contributed by atoms with Crippen LogP contribution in [0.1, 0.15) is 11.0 Å². The van der Waals surface area contributed by atoms with E-state index >= 15 is 0 Å². The van der Waals surface area contributed by atoms with E-state index in [4.69, 9.17) is 9.47 Å². The molecule has 0 aliphatic carbocycles. The van der Waals surface area contributed by atoms with Crippen molar-refractivity contribution in [1.82, 2.24) is 10.3 Å². The second-order valence-corrected chi connectivity index (χ2v) is 4.84. The summed E-state index contributed by atoms with van der Waals surface area (Å²) in [5.74, 6) is 0.683. The smallest absolute Gasteiger partial charge is 0.232 e. The van der Waals surface area contributed by atoms with E-state index in [1.165, 1.54) is 0 Å². The van der Waals surface area contributed by atoms with Crippen molar-refractivity contribution in [2.45, 2.75) is 6.10 Å². The van der Waals surface area contributed by atoms with E-state index in [0.717, 1.165) is 29.7 Å². The number of morpholine rings is 1. The summed E-state index contributed by atoms with van der Waals surface area (Å²) >= 11 is 1.62. The van der Waals surface area contributed by atoms with Crippen LogP contribution in [0.15, 0.2) is 0 Å². The highest BCUT2D eigenvalue weighted by molar-refractivity contribution is 7.16. The lowest BCUT2D eigenvalue weighted by Crippen LogP contribution is -2.33. The third-order valence-corrected chi connectivity index (χ3v) is 3.70. The van der Waals surface area contributed by atoms with Crippen LogP contribution in [0.3, 0.4) is 0 Å². The molecule has 1 aliphatic rings. The number of thiazole rings is 1. The van der Waals surface area contributed by atoms with Crippen molar-refractivity contribution >= 4 is 16.5 Å². The predicted molar refractivity (Wildman–Crippen MR) is 64.6 cm³/mol. The molecule has 0 bridgehead atoms. The molecule has 0 spiro atoms. The van der Waals surface area contributed by atoms with Crippen LogP contribution in [0.2, 0.25) is 0 Å². The first-order valence-electron chi connectivity index (χ1n) is 5.26. The molecule has 6 heteroatoms. The van der Waals surface area contributed by atoms with Crippen LogP contribution in [0.4, 0.5) is 5.13 Å². The van der Waals surface area contributed by atoms with Crippen molar-refractivity contribution in [3.8, 4) is 5.88 Å². The van der Waals surface area contributed by atoms with Crippen LogP contribution < -0.4 is 15.0 Å². The first-order chi connectivity index (χ1) is 7.72. The Kier molecular flexibility index (Phi) is 3.63. The Hall–Kier alpha value is -0.850. The Bertz CT molecular complexity index is 348. The lowest BCUT2D eigenvalue weighted by atomic mass is 10.2. The second-order valence-electron chi connectivity index (χ2n) is 3.83. The zero-order chi connectivity index (χ0) is 11.5. The number of hydrogen-bond donors (Lipinski definition) is 1. The fourth-order valence-corrected chi connectivity index (χ4v) is 2.59. The SMILES string of the molecule is COc1nc(N(C)C)sc1C1CNCCO1. The van der Waals surface area contributed by atoms with Crippen molar-refractivity contribution in [2.75, 3.05) is 45.8 Å². The number of anilines is 1. The van der Waals surface area contributed by atoms with E-state index in [1.807, 2.05) is 19.0 Å². The van der Waals surface area contributed by atoms with Crippen molar-refractivity contribution in [3.05, 3.63) is 4.88 Å². The summed E-state index contributed by atoms with van der Waals surface area (Å²) in [6, 6.07) is 0. The van der Waals surface area contributed by atoms with E-state index in [-0.39, 0.29) is 6.10 Å². The second kappa shape index (κ2) is 4.99. The van der Waals surface area contributed by atoms with Gasteiger partial charge in [0.25, 0.3) is 0 Å². The molecular formula is C10H17N3O2S. The van der Waals surface area contributed by atoms with Crippen LogP contribution in [0.25, 0.3) is 0 Å². The number of ether oxygens (including phenoxy) is 2. The van der Waals surface area contributed by atoms with E-state index in [0.29, 0.717) is 5.88 Å². The zero-order valence-corrected chi connectivity index (χ0v) is 10.6. The first kappa shape index (κ1) is 11.6. The molecule has 1 aliphatic heterocycles. The summed E-state index contributed by atoms with van der Waals surface area (Å²) in [6.45, 7) is 2.48. The molecule has 1 aromatic rings. The van der Waals surface area contributed by atoms with Crippen LogP contribution >= 0.6 is 11.3 Å². The third-order valence-electron chi connectivity index (χ3n) is 2.41. The lowest BCUT2D eigenvalue weighted by Gasteiger charge is -2.22. The minimum atomic E-state index is 0.0647. The quantitative estimate of drug-likeness (QED) is 0.854. The van der Waals surface area contributed by atoms with E-state index < -0.39 is 0 Å². The molecule has 1 atom stereocenters. The number of aromatic nitrogens is 1. The maximum Gasteiger partial charge on any atom is 0.232 e. The summed E-state index contributed by atoms with van der Waals surface area (Å²) in [6.07, 6.45) is 0.0647. The Labute approximate surface area is 99.4 Å². The maximum atomic E-state index is 5.71. The molecule has 2 rings (SSSR count). The third kappa shape index (κ3) is 2.28. The molecule has 1 aromatic heterocycles. The van der Waals surface area contributed by atoms with Gasteiger partial charge < -0.3 is 19.7 Å². The van der Waals surface area contributed by atoms with Crippen molar-refractivity contribution < 1.29 is 9.47 Å². The van der Waals surface area contributed by atoms with Gasteiger partial charge in [0, 0.05) is 27.2 Å². The summed E-state index contributed by atoms with van der Waals surface area (Å²) in [5, 5.41) is 4.25. The molecule has 5 nitrogen and oxygen atoms in total. The Morgan fingerprint density at radius 3 is 2.94 bits per heavy atom. The number of nitrogens with zero attached hydrogens (tertiary/aromatic N) is 2. The molecule has 16 heavy (non-hydrogen) atoms. The van der Waals surface area contributed by atoms with Gasteiger partial charge >= 0.3 is 0 Å². The summed E-state index contributed by atoms with van der Waals surface area (Å²) in [4.78, 5) is 7.46. The highest BCUT2D eigenvalue weighted by Gasteiger charge is 2.24. The first-order valence-corrected chi connectivity index (χ1v) is 6.08. The summed E-state index contributed by atoms with van der Waals surface area (Å²) in [5.41, 5.74) is 0. The topological polar surface area (TPSA) is 46.6 Å². The van der Waals surface area contributed by atoms with Gasteiger partial charge in [0.15, 0.2) is 5.13 Å². The van der Waals surface area contributed by atoms with Crippen molar-refractivity contribution in [2.24, 2.45) is 0 Å². The Balaban J connectivity index is 2.23. The molecule has 0 amide bonds. The van der Waals surface area contributed by atoms with Gasteiger partial charge in [-0.15, -0.1) is 0 Å². The monoisotopic (exact) mass is 243 g/mol. The molecule has 1 unspecified atom stereocenters. The molecule has 1 fully saturated rings. The fraction of sp³-hybridized carbons (Fsp3) is 0.700. The van der Waals surface area contributed by atoms with Crippen LogP contribution in [-0.4, -0.2) is 45.9 Å². The summed E-state index contributed by atoms with van der Waals surface area (Å²) in [7, 11) is 5.60. The molecule has 0 aromatic carbocycles. The molecule has 0 radical (unpaired) electrons.